The first-order chi connectivity index (χ1) is 11.5. The highest BCUT2D eigenvalue weighted by atomic mass is 79.9. The van der Waals surface area contributed by atoms with Crippen LogP contribution in [-0.4, -0.2) is 22.3 Å². The molecule has 0 spiro atoms. The SMILES string of the molecule is COC(=O)c1ccc(/C(=C2\C=CC(Br)=N2)c2ccc(Br)n2C)cc1. The summed E-state index contributed by atoms with van der Waals surface area (Å²) in [6.07, 6.45) is 3.88. The molecule has 0 N–H and O–H groups in total. The Kier molecular flexibility index (Phi) is 4.87. The molecule has 0 saturated carbocycles. The highest BCUT2D eigenvalue weighted by Gasteiger charge is 2.17. The van der Waals surface area contributed by atoms with E-state index >= 15 is 0 Å². The fourth-order valence-corrected chi connectivity index (χ4v) is 3.18. The van der Waals surface area contributed by atoms with Gasteiger partial charge in [-0.05, 0) is 73.8 Å². The number of allylic oxidation sites excluding steroid dienone is 2. The molecule has 0 fully saturated rings. The second-order valence-corrected chi connectivity index (χ2v) is 6.82. The minimum Gasteiger partial charge on any atom is -0.465 e. The number of hydrogen-bond donors (Lipinski definition) is 0. The molecule has 0 unspecified atom stereocenters. The quantitative estimate of drug-likeness (QED) is 0.637. The summed E-state index contributed by atoms with van der Waals surface area (Å²) in [5.41, 5.74) is 4.37. The van der Waals surface area contributed by atoms with Gasteiger partial charge in [-0.3, -0.25) is 0 Å². The smallest absolute Gasteiger partial charge is 0.337 e. The molecule has 0 bridgehead atoms. The highest BCUT2D eigenvalue weighted by molar-refractivity contribution is 9.18. The number of benzene rings is 1. The number of carbonyl (C=O) groups is 1. The number of rotatable bonds is 3. The molecular formula is C18H14Br2N2O2. The van der Waals surface area contributed by atoms with Crippen molar-refractivity contribution in [2.24, 2.45) is 12.0 Å². The van der Waals surface area contributed by atoms with Crippen LogP contribution in [0, 0.1) is 0 Å². The number of aliphatic imine (C=N–C) groups is 1. The van der Waals surface area contributed by atoms with Crippen molar-refractivity contribution in [1.82, 2.24) is 4.57 Å². The van der Waals surface area contributed by atoms with Crippen LogP contribution in [0.4, 0.5) is 0 Å². The molecule has 0 amide bonds. The zero-order chi connectivity index (χ0) is 17.3. The van der Waals surface area contributed by atoms with Crippen LogP contribution >= 0.6 is 31.9 Å². The zero-order valence-corrected chi connectivity index (χ0v) is 16.3. The summed E-state index contributed by atoms with van der Waals surface area (Å²) >= 11 is 6.94. The van der Waals surface area contributed by atoms with Crippen LogP contribution in [0.3, 0.4) is 0 Å². The van der Waals surface area contributed by atoms with Gasteiger partial charge >= 0.3 is 5.97 Å². The summed E-state index contributed by atoms with van der Waals surface area (Å²) in [4.78, 5) is 16.2. The van der Waals surface area contributed by atoms with E-state index in [0.29, 0.717) is 5.56 Å². The van der Waals surface area contributed by atoms with Crippen LogP contribution in [0.2, 0.25) is 0 Å². The standard InChI is InChI=1S/C18H14Br2N2O2/c1-22-14(8-10-16(22)20)17(13-7-9-15(19)21-13)11-3-5-12(6-4-11)18(23)24-2/h3-10H,1-2H3/b17-13-. The topological polar surface area (TPSA) is 43.6 Å². The first kappa shape index (κ1) is 16.9. The molecule has 1 aliphatic rings. The maximum absolute atomic E-state index is 11.6. The summed E-state index contributed by atoms with van der Waals surface area (Å²) in [6.45, 7) is 0. The van der Waals surface area contributed by atoms with Gasteiger partial charge in [0.05, 0.1) is 28.7 Å². The van der Waals surface area contributed by atoms with Crippen LogP contribution in [0.15, 0.2) is 63.8 Å². The Bertz CT molecular complexity index is 890. The Morgan fingerprint density at radius 1 is 1.04 bits per heavy atom. The van der Waals surface area contributed by atoms with Crippen molar-refractivity contribution in [3.05, 3.63) is 75.7 Å². The molecule has 0 atom stereocenters. The van der Waals surface area contributed by atoms with E-state index in [4.69, 9.17) is 4.74 Å². The molecule has 1 aromatic carbocycles. The lowest BCUT2D eigenvalue weighted by Crippen LogP contribution is -2.02. The van der Waals surface area contributed by atoms with Crippen molar-refractivity contribution in [3.8, 4) is 0 Å². The van der Waals surface area contributed by atoms with Crippen molar-refractivity contribution < 1.29 is 9.53 Å². The lowest BCUT2D eigenvalue weighted by atomic mass is 9.99. The fraction of sp³-hybridized carbons (Fsp3) is 0.111. The minimum absolute atomic E-state index is 0.348. The number of hydrogen-bond acceptors (Lipinski definition) is 3. The Morgan fingerprint density at radius 2 is 1.71 bits per heavy atom. The number of methoxy groups -OCH3 is 1. The first-order valence-corrected chi connectivity index (χ1v) is 8.76. The van der Waals surface area contributed by atoms with Crippen molar-refractivity contribution in [3.63, 3.8) is 0 Å². The van der Waals surface area contributed by atoms with E-state index in [-0.39, 0.29) is 5.97 Å². The van der Waals surface area contributed by atoms with Crippen LogP contribution in [-0.2, 0) is 11.8 Å². The van der Waals surface area contributed by atoms with Gasteiger partial charge in [-0.15, -0.1) is 0 Å². The zero-order valence-electron chi connectivity index (χ0n) is 13.1. The number of nitrogens with zero attached hydrogens (tertiary/aromatic N) is 2. The van der Waals surface area contributed by atoms with Crippen molar-refractivity contribution >= 4 is 48.0 Å². The average Bonchev–Trinajstić information content (AvgIpc) is 3.16. The van der Waals surface area contributed by atoms with Gasteiger partial charge in [0.25, 0.3) is 0 Å². The normalized spacial score (nSPS) is 15.4. The predicted octanol–water partition coefficient (Wildman–Crippen LogP) is 4.70. The predicted molar refractivity (Wildman–Crippen MR) is 102 cm³/mol. The summed E-state index contributed by atoms with van der Waals surface area (Å²) in [5, 5.41) is 0. The van der Waals surface area contributed by atoms with Crippen LogP contribution in [0.1, 0.15) is 21.6 Å². The van der Waals surface area contributed by atoms with Crippen molar-refractivity contribution in [2.75, 3.05) is 7.11 Å². The monoisotopic (exact) mass is 448 g/mol. The molecule has 24 heavy (non-hydrogen) atoms. The van der Waals surface area contributed by atoms with Crippen molar-refractivity contribution in [1.29, 1.82) is 0 Å². The molecule has 3 rings (SSSR count). The third-order valence-corrected chi connectivity index (χ3v) is 5.01. The first-order valence-electron chi connectivity index (χ1n) is 7.18. The number of carbonyl (C=O) groups excluding carboxylic acids is 1. The third kappa shape index (κ3) is 3.16. The number of halogens is 2. The van der Waals surface area contributed by atoms with Gasteiger partial charge in [0.1, 0.15) is 4.62 Å². The molecule has 0 saturated heterocycles. The van der Waals surface area contributed by atoms with Gasteiger partial charge in [-0.25, -0.2) is 9.79 Å². The molecule has 0 radical (unpaired) electrons. The van der Waals surface area contributed by atoms with Gasteiger partial charge in [0.2, 0.25) is 0 Å². The Hall–Kier alpha value is -1.92. The van der Waals surface area contributed by atoms with E-state index in [1.807, 2.05) is 48.0 Å². The summed E-state index contributed by atoms with van der Waals surface area (Å²) in [6, 6.07) is 11.4. The molecular weight excluding hydrogens is 436 g/mol. The van der Waals surface area contributed by atoms with E-state index in [1.54, 1.807) is 12.1 Å². The van der Waals surface area contributed by atoms with E-state index in [0.717, 1.165) is 31.8 Å². The lowest BCUT2D eigenvalue weighted by molar-refractivity contribution is 0.0600. The maximum Gasteiger partial charge on any atom is 0.337 e. The maximum atomic E-state index is 11.6. The second kappa shape index (κ2) is 6.91. The van der Waals surface area contributed by atoms with Crippen LogP contribution in [0.25, 0.3) is 5.57 Å². The Morgan fingerprint density at radius 3 is 2.21 bits per heavy atom. The fourth-order valence-electron chi connectivity index (χ4n) is 2.53. The largest absolute Gasteiger partial charge is 0.465 e. The van der Waals surface area contributed by atoms with Gasteiger partial charge < -0.3 is 9.30 Å². The average molecular weight is 450 g/mol. The van der Waals surface area contributed by atoms with E-state index in [9.17, 15) is 4.79 Å². The van der Waals surface area contributed by atoms with Crippen LogP contribution in [0.5, 0.6) is 0 Å². The van der Waals surface area contributed by atoms with E-state index in [2.05, 4.69) is 36.9 Å². The second-order valence-electron chi connectivity index (χ2n) is 5.20. The Balaban J connectivity index is 2.15. The van der Waals surface area contributed by atoms with E-state index < -0.39 is 0 Å². The summed E-state index contributed by atoms with van der Waals surface area (Å²) in [7, 11) is 3.36. The molecule has 1 aliphatic heterocycles. The summed E-state index contributed by atoms with van der Waals surface area (Å²) < 4.78 is 8.57. The van der Waals surface area contributed by atoms with Gasteiger partial charge in [0.15, 0.2) is 0 Å². The molecule has 6 heteroatoms. The van der Waals surface area contributed by atoms with E-state index in [1.165, 1.54) is 7.11 Å². The molecule has 2 heterocycles. The number of ether oxygens (including phenoxy) is 1. The molecule has 0 aliphatic carbocycles. The molecule has 122 valence electrons. The highest BCUT2D eigenvalue weighted by Crippen LogP contribution is 2.32. The van der Waals surface area contributed by atoms with Gasteiger partial charge in [-0.2, -0.15) is 0 Å². The third-order valence-electron chi connectivity index (χ3n) is 3.77. The van der Waals surface area contributed by atoms with Crippen LogP contribution < -0.4 is 0 Å². The Labute approximate surface area is 156 Å². The molecule has 4 nitrogen and oxygen atoms in total. The van der Waals surface area contributed by atoms with Crippen molar-refractivity contribution in [2.45, 2.75) is 0 Å². The number of aromatic nitrogens is 1. The summed E-state index contributed by atoms with van der Waals surface area (Å²) in [5.74, 6) is -0.348. The van der Waals surface area contributed by atoms with Gasteiger partial charge in [0, 0.05) is 12.6 Å². The molecule has 2 aromatic rings. The van der Waals surface area contributed by atoms with Gasteiger partial charge in [-0.1, -0.05) is 12.1 Å². The number of esters is 1. The minimum atomic E-state index is -0.348. The lowest BCUT2D eigenvalue weighted by Gasteiger charge is -2.12. The molecule has 1 aromatic heterocycles.